The quantitative estimate of drug-likeness (QED) is 0.681. The summed E-state index contributed by atoms with van der Waals surface area (Å²) in [5, 5.41) is -0.759. The Morgan fingerprint density at radius 3 is 2.30 bits per heavy atom. The molecule has 7 heteroatoms. The van der Waals surface area contributed by atoms with Crippen molar-refractivity contribution in [2.24, 2.45) is 11.1 Å². The van der Waals surface area contributed by atoms with Crippen molar-refractivity contribution in [2.75, 3.05) is 20.3 Å². The minimum atomic E-state index is -3.64. The van der Waals surface area contributed by atoms with E-state index < -0.39 is 20.5 Å². The molecule has 3 unspecified atom stereocenters. The van der Waals surface area contributed by atoms with Gasteiger partial charge in [0.05, 0.1) is 34.3 Å². The Bertz CT molecular complexity index is 913. The van der Waals surface area contributed by atoms with Crippen molar-refractivity contribution in [1.82, 2.24) is 0 Å². The predicted molar refractivity (Wildman–Crippen MR) is 109 cm³/mol. The molecule has 0 radical (unpaired) electrons. The third kappa shape index (κ3) is 3.35. The fourth-order valence-electron chi connectivity index (χ4n) is 3.71. The van der Waals surface area contributed by atoms with Crippen LogP contribution in [0.15, 0.2) is 59.5 Å². The second-order valence-electron chi connectivity index (χ2n) is 6.57. The maximum atomic E-state index is 13.4. The molecule has 5 nitrogen and oxygen atoms in total. The van der Waals surface area contributed by atoms with Gasteiger partial charge < -0.3 is 15.2 Å². The van der Waals surface area contributed by atoms with Crippen LogP contribution in [0.4, 0.5) is 0 Å². The topological polar surface area (TPSA) is 78.6 Å². The molecule has 3 atom stereocenters. The minimum Gasteiger partial charge on any atom is -0.497 e. The normalized spacial score (nSPS) is 24.4. The number of thiocarbonyl (C=S) groups is 1. The molecule has 0 amide bonds. The van der Waals surface area contributed by atoms with Crippen LogP contribution in [0.25, 0.3) is 0 Å². The molecule has 1 aliphatic rings. The molecule has 3 rings (SSSR count). The number of ether oxygens (including phenoxy) is 2. The predicted octanol–water partition coefficient (Wildman–Crippen LogP) is 2.94. The first kappa shape index (κ1) is 19.8. The number of sulfone groups is 1. The Labute approximate surface area is 165 Å². The van der Waals surface area contributed by atoms with Gasteiger partial charge >= 0.3 is 0 Å². The summed E-state index contributed by atoms with van der Waals surface area (Å²) in [5.41, 5.74) is 6.02. The van der Waals surface area contributed by atoms with E-state index in [4.69, 9.17) is 27.4 Å². The standard InChI is InChI=1S/C20H23NO4S2/c1-3-25-13-20(19(21)26)17(14-9-11-15(24-2)12-10-14)18(20)27(22,23)16-7-5-4-6-8-16/h4-12,17-18H,3,13H2,1-2H3,(H2,21,26). The average Bonchev–Trinajstić information content (AvgIpc) is 3.38. The number of hydrogen-bond acceptors (Lipinski definition) is 5. The molecule has 0 saturated heterocycles. The monoisotopic (exact) mass is 405 g/mol. The van der Waals surface area contributed by atoms with Gasteiger partial charge in [-0.05, 0) is 36.8 Å². The van der Waals surface area contributed by atoms with Crippen molar-refractivity contribution in [3.8, 4) is 5.75 Å². The summed E-state index contributed by atoms with van der Waals surface area (Å²) >= 11 is 5.34. The highest BCUT2D eigenvalue weighted by Gasteiger charge is 2.73. The van der Waals surface area contributed by atoms with Crippen molar-refractivity contribution in [3.05, 3.63) is 60.2 Å². The van der Waals surface area contributed by atoms with E-state index in [1.165, 1.54) is 0 Å². The van der Waals surface area contributed by atoms with Gasteiger partial charge in [-0.1, -0.05) is 42.5 Å². The smallest absolute Gasteiger partial charge is 0.182 e. The Morgan fingerprint density at radius 1 is 1.15 bits per heavy atom. The van der Waals surface area contributed by atoms with E-state index in [2.05, 4.69) is 0 Å². The van der Waals surface area contributed by atoms with Crippen molar-refractivity contribution in [2.45, 2.75) is 23.0 Å². The van der Waals surface area contributed by atoms with Crippen LogP contribution in [0.3, 0.4) is 0 Å². The number of benzene rings is 2. The lowest BCUT2D eigenvalue weighted by Gasteiger charge is -2.17. The van der Waals surface area contributed by atoms with Crippen molar-refractivity contribution in [1.29, 1.82) is 0 Å². The summed E-state index contributed by atoms with van der Waals surface area (Å²) in [6.07, 6.45) is 0. The van der Waals surface area contributed by atoms with Gasteiger partial charge in [0, 0.05) is 12.5 Å². The van der Waals surface area contributed by atoms with Gasteiger partial charge in [0.15, 0.2) is 9.84 Å². The minimum absolute atomic E-state index is 0.168. The van der Waals surface area contributed by atoms with E-state index in [9.17, 15) is 8.42 Å². The molecular formula is C20H23NO4S2. The van der Waals surface area contributed by atoms with E-state index in [0.717, 1.165) is 5.56 Å². The SMILES string of the molecule is CCOCC1(C(N)=S)C(c2ccc(OC)cc2)C1S(=O)(=O)c1ccccc1. The summed E-state index contributed by atoms with van der Waals surface area (Å²) < 4.78 is 37.6. The zero-order valence-electron chi connectivity index (χ0n) is 15.3. The molecule has 0 aliphatic heterocycles. The van der Waals surface area contributed by atoms with Gasteiger partial charge in [-0.25, -0.2) is 8.42 Å². The molecule has 2 aromatic carbocycles. The lowest BCUT2D eigenvalue weighted by molar-refractivity contribution is 0.121. The van der Waals surface area contributed by atoms with E-state index in [1.807, 2.05) is 31.2 Å². The van der Waals surface area contributed by atoms with Crippen LogP contribution < -0.4 is 10.5 Å². The van der Waals surface area contributed by atoms with Gasteiger partial charge in [-0.15, -0.1) is 0 Å². The van der Waals surface area contributed by atoms with Gasteiger partial charge in [0.25, 0.3) is 0 Å². The van der Waals surface area contributed by atoms with E-state index in [-0.39, 0.29) is 22.4 Å². The molecule has 1 fully saturated rings. The molecule has 0 aromatic heterocycles. The highest BCUT2D eigenvalue weighted by Crippen LogP contribution is 2.64. The average molecular weight is 406 g/mol. The van der Waals surface area contributed by atoms with Crippen molar-refractivity contribution in [3.63, 3.8) is 0 Å². The van der Waals surface area contributed by atoms with Crippen molar-refractivity contribution >= 4 is 27.0 Å². The van der Waals surface area contributed by atoms with Crippen LogP contribution in [0.1, 0.15) is 18.4 Å². The molecule has 0 spiro atoms. The number of methoxy groups -OCH3 is 1. The van der Waals surface area contributed by atoms with Crippen LogP contribution in [-0.2, 0) is 14.6 Å². The Morgan fingerprint density at radius 2 is 1.78 bits per heavy atom. The van der Waals surface area contributed by atoms with Gasteiger partial charge in [0.2, 0.25) is 0 Å². The Hall–Kier alpha value is -1.96. The molecular weight excluding hydrogens is 382 g/mol. The molecule has 27 heavy (non-hydrogen) atoms. The van der Waals surface area contributed by atoms with Gasteiger partial charge in [-0.3, -0.25) is 0 Å². The van der Waals surface area contributed by atoms with Gasteiger partial charge in [0.1, 0.15) is 5.75 Å². The zero-order chi connectivity index (χ0) is 19.7. The third-order valence-corrected chi connectivity index (χ3v) is 7.81. The first-order chi connectivity index (χ1) is 12.9. The third-order valence-electron chi connectivity index (χ3n) is 5.14. The lowest BCUT2D eigenvalue weighted by Crippen LogP contribution is -2.33. The van der Waals surface area contributed by atoms with E-state index >= 15 is 0 Å². The van der Waals surface area contributed by atoms with Crippen LogP contribution in [-0.4, -0.2) is 39.0 Å². The largest absolute Gasteiger partial charge is 0.497 e. The van der Waals surface area contributed by atoms with Crippen LogP contribution in [0.2, 0.25) is 0 Å². The second kappa shape index (κ2) is 7.58. The maximum absolute atomic E-state index is 13.4. The van der Waals surface area contributed by atoms with E-state index in [0.29, 0.717) is 12.4 Å². The van der Waals surface area contributed by atoms with Crippen LogP contribution >= 0.6 is 12.2 Å². The number of hydrogen-bond donors (Lipinski definition) is 1. The first-order valence-electron chi connectivity index (χ1n) is 8.70. The number of rotatable bonds is 8. The molecule has 1 aliphatic carbocycles. The van der Waals surface area contributed by atoms with E-state index in [1.54, 1.807) is 37.4 Å². The summed E-state index contributed by atoms with van der Waals surface area (Å²) in [7, 11) is -2.05. The fourth-order valence-corrected chi connectivity index (χ4v) is 6.50. The number of nitrogens with two attached hydrogens (primary N) is 1. The highest BCUT2D eigenvalue weighted by atomic mass is 32.2. The molecule has 1 saturated carbocycles. The molecule has 2 aromatic rings. The summed E-state index contributed by atoms with van der Waals surface area (Å²) in [6, 6.07) is 15.8. The Kier molecular flexibility index (Phi) is 5.55. The van der Waals surface area contributed by atoms with Crippen molar-refractivity contribution < 1.29 is 17.9 Å². The molecule has 0 heterocycles. The highest BCUT2D eigenvalue weighted by molar-refractivity contribution is 7.92. The molecule has 0 bridgehead atoms. The molecule has 144 valence electrons. The lowest BCUT2D eigenvalue weighted by atomic mass is 10.00. The zero-order valence-corrected chi connectivity index (χ0v) is 16.9. The first-order valence-corrected chi connectivity index (χ1v) is 10.7. The summed E-state index contributed by atoms with van der Waals surface area (Å²) in [6.45, 7) is 2.49. The summed E-state index contributed by atoms with van der Waals surface area (Å²) in [4.78, 5) is 0.435. The summed E-state index contributed by atoms with van der Waals surface area (Å²) in [5.74, 6) is 0.338. The van der Waals surface area contributed by atoms with Gasteiger partial charge in [-0.2, -0.15) is 0 Å². The van der Waals surface area contributed by atoms with Crippen LogP contribution in [0.5, 0.6) is 5.75 Å². The fraction of sp³-hybridized carbons (Fsp3) is 0.350. The molecule has 2 N–H and O–H groups in total. The Balaban J connectivity index is 2.08. The second-order valence-corrected chi connectivity index (χ2v) is 9.08. The van der Waals surface area contributed by atoms with Crippen LogP contribution in [0, 0.1) is 5.41 Å². The maximum Gasteiger partial charge on any atom is 0.182 e.